The van der Waals surface area contributed by atoms with E-state index in [4.69, 9.17) is 4.84 Å². The Kier molecular flexibility index (Phi) is 6.13. The van der Waals surface area contributed by atoms with Crippen molar-refractivity contribution in [2.45, 2.75) is 53.9 Å². The summed E-state index contributed by atoms with van der Waals surface area (Å²) in [6.45, 7) is 9.92. The quantitative estimate of drug-likeness (QED) is 0.307. The number of amides is 1. The van der Waals surface area contributed by atoms with Crippen LogP contribution in [0.5, 0.6) is 0 Å². The van der Waals surface area contributed by atoms with E-state index in [0.29, 0.717) is 24.2 Å². The molecule has 11 nitrogen and oxygen atoms in total. The van der Waals surface area contributed by atoms with E-state index in [9.17, 15) is 29.8 Å². The lowest BCUT2D eigenvalue weighted by Gasteiger charge is -2.39. The van der Waals surface area contributed by atoms with Crippen LogP contribution in [0.25, 0.3) is 0 Å². The van der Waals surface area contributed by atoms with E-state index < -0.39 is 43.4 Å². The summed E-state index contributed by atoms with van der Waals surface area (Å²) >= 11 is 0. The second kappa shape index (κ2) is 8.75. The first-order chi connectivity index (χ1) is 17.2. The predicted octanol–water partition coefficient (Wildman–Crippen LogP) is 5.49. The van der Waals surface area contributed by atoms with Gasteiger partial charge in [-0.25, -0.2) is 4.79 Å². The highest BCUT2D eigenvalue weighted by atomic mass is 16.7. The summed E-state index contributed by atoms with van der Waals surface area (Å²) in [5.74, 6) is -1.19. The SMILES string of the molecule is Cc1cc(C)cc(NC(=O)C23CCC(C)(C(=NOC(=O)c4cc([N+](=O)[O-])cc([N+](=O)[O-])c4)C2)C3(C)C)c1. The third kappa shape index (κ3) is 4.13. The molecule has 0 saturated heterocycles. The molecular weight excluding hydrogens is 480 g/mol. The number of oxime groups is 1. The first-order valence-corrected chi connectivity index (χ1v) is 11.8. The molecular formula is C26H28N4O7. The number of nitrogens with zero attached hydrogens (tertiary/aromatic N) is 3. The van der Waals surface area contributed by atoms with Crippen LogP contribution in [0.4, 0.5) is 17.1 Å². The second-order valence-corrected chi connectivity index (χ2v) is 10.7. The van der Waals surface area contributed by atoms with E-state index in [1.54, 1.807) is 0 Å². The van der Waals surface area contributed by atoms with Gasteiger partial charge >= 0.3 is 5.97 Å². The number of nitro groups is 2. The van der Waals surface area contributed by atoms with Gasteiger partial charge in [-0.3, -0.25) is 25.0 Å². The lowest BCUT2D eigenvalue weighted by molar-refractivity contribution is -0.394. The third-order valence-corrected chi connectivity index (χ3v) is 8.45. The summed E-state index contributed by atoms with van der Waals surface area (Å²) in [7, 11) is 0. The van der Waals surface area contributed by atoms with E-state index in [0.717, 1.165) is 29.3 Å². The molecule has 2 fully saturated rings. The zero-order valence-electron chi connectivity index (χ0n) is 21.3. The number of carbonyl (C=O) groups is 2. The summed E-state index contributed by atoms with van der Waals surface area (Å²) < 4.78 is 0. The van der Waals surface area contributed by atoms with Gasteiger partial charge in [-0.15, -0.1) is 0 Å². The molecule has 0 aliphatic heterocycles. The third-order valence-electron chi connectivity index (χ3n) is 8.45. The number of benzene rings is 2. The molecule has 4 rings (SSSR count). The first-order valence-electron chi connectivity index (χ1n) is 11.8. The summed E-state index contributed by atoms with van der Waals surface area (Å²) in [5.41, 5.74) is -0.101. The summed E-state index contributed by atoms with van der Waals surface area (Å²) in [6, 6.07) is 8.41. The normalized spacial score (nSPS) is 24.6. The molecule has 0 heterocycles. The van der Waals surface area contributed by atoms with Crippen molar-refractivity contribution in [2.24, 2.45) is 21.4 Å². The molecule has 2 atom stereocenters. The van der Waals surface area contributed by atoms with Gasteiger partial charge in [0.25, 0.3) is 11.4 Å². The van der Waals surface area contributed by atoms with Gasteiger partial charge in [0.15, 0.2) is 0 Å². The molecule has 2 saturated carbocycles. The number of anilines is 1. The number of nitro benzene ring substituents is 2. The highest BCUT2D eigenvalue weighted by molar-refractivity contribution is 6.06. The molecule has 2 bridgehead atoms. The maximum absolute atomic E-state index is 13.7. The van der Waals surface area contributed by atoms with Gasteiger partial charge in [-0.1, -0.05) is 32.0 Å². The van der Waals surface area contributed by atoms with E-state index in [1.165, 1.54) is 0 Å². The largest absolute Gasteiger partial charge is 0.366 e. The average molecular weight is 509 g/mol. The van der Waals surface area contributed by atoms with Crippen LogP contribution in [0.1, 0.15) is 61.5 Å². The number of carbonyl (C=O) groups excluding carboxylic acids is 2. The number of nitrogens with one attached hydrogen (secondary N) is 1. The van der Waals surface area contributed by atoms with Crippen molar-refractivity contribution in [1.82, 2.24) is 0 Å². The average Bonchev–Trinajstić information content (AvgIpc) is 3.12. The standard InChI is InChI=1S/C26H28N4O7/c1-15-8-16(2)10-18(9-15)27-23(32)26-7-6-25(5,24(26,3)4)21(14-26)28-37-22(31)17-11-19(29(33)34)13-20(12-17)30(35)36/h8-13H,6-7,14H2,1-5H3,(H,27,32). The molecule has 1 amide bonds. The molecule has 194 valence electrons. The minimum absolute atomic E-state index is 0.128. The molecule has 2 aromatic carbocycles. The van der Waals surface area contributed by atoms with Gasteiger partial charge in [0.1, 0.15) is 0 Å². The zero-order valence-corrected chi connectivity index (χ0v) is 21.3. The van der Waals surface area contributed by atoms with Crippen molar-refractivity contribution in [3.8, 4) is 0 Å². The van der Waals surface area contributed by atoms with Gasteiger partial charge in [-0.05, 0) is 55.4 Å². The topological polar surface area (TPSA) is 154 Å². The molecule has 2 aromatic rings. The summed E-state index contributed by atoms with van der Waals surface area (Å²) in [4.78, 5) is 52.2. The Morgan fingerprint density at radius 3 is 2.03 bits per heavy atom. The zero-order chi connectivity index (χ0) is 27.3. The maximum Gasteiger partial charge on any atom is 0.366 e. The predicted molar refractivity (Wildman–Crippen MR) is 135 cm³/mol. The molecule has 37 heavy (non-hydrogen) atoms. The number of hydrogen-bond acceptors (Lipinski definition) is 8. The van der Waals surface area contributed by atoms with Crippen molar-refractivity contribution in [3.63, 3.8) is 0 Å². The summed E-state index contributed by atoms with van der Waals surface area (Å²) in [5, 5.41) is 29.5. The van der Waals surface area contributed by atoms with Crippen molar-refractivity contribution in [2.75, 3.05) is 5.32 Å². The number of hydrogen-bond donors (Lipinski definition) is 1. The summed E-state index contributed by atoms with van der Waals surface area (Å²) in [6.07, 6.45) is 1.56. The molecule has 0 radical (unpaired) electrons. The Balaban J connectivity index is 1.61. The lowest BCUT2D eigenvalue weighted by atomic mass is 9.64. The Morgan fingerprint density at radius 1 is 0.919 bits per heavy atom. The van der Waals surface area contributed by atoms with Gasteiger partial charge in [-0.2, -0.15) is 0 Å². The lowest BCUT2D eigenvalue weighted by Crippen LogP contribution is -2.43. The Hall–Kier alpha value is -4.15. The van der Waals surface area contributed by atoms with Crippen molar-refractivity contribution in [1.29, 1.82) is 0 Å². The second-order valence-electron chi connectivity index (χ2n) is 10.7. The van der Waals surface area contributed by atoms with Crippen LogP contribution in [0, 0.1) is 50.3 Å². The van der Waals surface area contributed by atoms with Crippen LogP contribution in [-0.2, 0) is 9.63 Å². The van der Waals surface area contributed by atoms with Crippen LogP contribution in [0.2, 0.25) is 0 Å². The Morgan fingerprint density at radius 2 is 1.49 bits per heavy atom. The van der Waals surface area contributed by atoms with E-state index in [-0.39, 0.29) is 17.9 Å². The fourth-order valence-corrected chi connectivity index (χ4v) is 5.89. The molecule has 2 unspecified atom stereocenters. The highest BCUT2D eigenvalue weighted by Gasteiger charge is 2.71. The Bertz CT molecular complexity index is 1330. The molecule has 11 heteroatoms. The van der Waals surface area contributed by atoms with Crippen molar-refractivity contribution in [3.05, 3.63) is 73.3 Å². The van der Waals surface area contributed by atoms with Crippen molar-refractivity contribution < 1.29 is 24.3 Å². The number of aryl methyl sites for hydroxylation is 2. The van der Waals surface area contributed by atoms with Gasteiger partial charge in [0, 0.05) is 29.7 Å². The molecule has 0 spiro atoms. The monoisotopic (exact) mass is 508 g/mol. The molecule has 0 aromatic heterocycles. The minimum atomic E-state index is -1.06. The van der Waals surface area contributed by atoms with E-state index >= 15 is 0 Å². The number of fused-ring (bicyclic) bond motifs is 2. The van der Waals surface area contributed by atoms with Gasteiger partial charge in [0.2, 0.25) is 5.91 Å². The fourth-order valence-electron chi connectivity index (χ4n) is 5.89. The van der Waals surface area contributed by atoms with E-state index in [1.807, 2.05) is 52.8 Å². The molecule has 2 aliphatic carbocycles. The Labute approximate surface area is 213 Å². The van der Waals surface area contributed by atoms with Crippen LogP contribution < -0.4 is 5.32 Å². The number of rotatable bonds is 6. The van der Waals surface area contributed by atoms with Gasteiger partial charge in [0.05, 0.1) is 32.6 Å². The molecule has 1 N–H and O–H groups in total. The smallest absolute Gasteiger partial charge is 0.326 e. The van der Waals surface area contributed by atoms with Crippen LogP contribution >= 0.6 is 0 Å². The van der Waals surface area contributed by atoms with Crippen LogP contribution in [0.3, 0.4) is 0 Å². The van der Waals surface area contributed by atoms with E-state index in [2.05, 4.69) is 10.5 Å². The van der Waals surface area contributed by atoms with Gasteiger partial charge < -0.3 is 10.2 Å². The molecule has 2 aliphatic rings. The maximum atomic E-state index is 13.7. The fraction of sp³-hybridized carbons (Fsp3) is 0.423. The minimum Gasteiger partial charge on any atom is -0.326 e. The highest BCUT2D eigenvalue weighted by Crippen LogP contribution is 2.71. The van der Waals surface area contributed by atoms with Crippen molar-refractivity contribution >= 4 is 34.7 Å². The first kappa shape index (κ1) is 25.9. The van der Waals surface area contributed by atoms with Crippen LogP contribution in [-0.4, -0.2) is 27.4 Å². The number of non-ortho nitro benzene ring substituents is 2. The van der Waals surface area contributed by atoms with Crippen LogP contribution in [0.15, 0.2) is 41.6 Å².